The molecule has 0 spiro atoms. The zero-order valence-corrected chi connectivity index (χ0v) is 10.6. The molecular formula is C10H11ClN6O. The van der Waals surface area contributed by atoms with E-state index in [9.17, 15) is 4.79 Å². The Kier molecular flexibility index (Phi) is 3.42. The summed E-state index contributed by atoms with van der Waals surface area (Å²) in [7, 11) is 3.63. The van der Waals surface area contributed by atoms with Gasteiger partial charge in [0.1, 0.15) is 17.3 Å². The molecule has 0 atom stereocenters. The Balaban J connectivity index is 2.24. The fourth-order valence-electron chi connectivity index (χ4n) is 1.29. The van der Waals surface area contributed by atoms with Gasteiger partial charge in [-0.25, -0.2) is 10.1 Å². The van der Waals surface area contributed by atoms with Crippen LogP contribution in [0.1, 0.15) is 10.4 Å². The number of amides is 1. The SMILES string of the molecule is CN(C)c1cc(C(=O)Nc2ncn[nH]2)cc(Cl)n1. The van der Waals surface area contributed by atoms with Crippen molar-refractivity contribution in [2.24, 2.45) is 0 Å². The molecule has 18 heavy (non-hydrogen) atoms. The van der Waals surface area contributed by atoms with E-state index < -0.39 is 0 Å². The van der Waals surface area contributed by atoms with E-state index >= 15 is 0 Å². The number of nitrogens with zero attached hydrogens (tertiary/aromatic N) is 4. The van der Waals surface area contributed by atoms with E-state index in [1.807, 2.05) is 14.1 Å². The minimum Gasteiger partial charge on any atom is -0.363 e. The number of carbonyl (C=O) groups is 1. The van der Waals surface area contributed by atoms with Crippen molar-refractivity contribution in [2.45, 2.75) is 0 Å². The van der Waals surface area contributed by atoms with Crippen LogP contribution in [0, 0.1) is 0 Å². The van der Waals surface area contributed by atoms with Gasteiger partial charge in [0.2, 0.25) is 5.95 Å². The maximum absolute atomic E-state index is 11.9. The molecule has 2 rings (SSSR count). The van der Waals surface area contributed by atoms with Gasteiger partial charge in [-0.1, -0.05) is 11.6 Å². The van der Waals surface area contributed by atoms with Crippen molar-refractivity contribution in [1.29, 1.82) is 0 Å². The first-order chi connectivity index (χ1) is 8.56. The summed E-state index contributed by atoms with van der Waals surface area (Å²) in [6.07, 6.45) is 1.31. The summed E-state index contributed by atoms with van der Waals surface area (Å²) in [4.78, 5) is 21.6. The molecule has 2 heterocycles. The number of H-pyrrole nitrogens is 1. The lowest BCUT2D eigenvalue weighted by Crippen LogP contribution is -2.16. The summed E-state index contributed by atoms with van der Waals surface area (Å²) >= 11 is 5.87. The van der Waals surface area contributed by atoms with Crippen molar-refractivity contribution in [1.82, 2.24) is 20.2 Å². The van der Waals surface area contributed by atoms with Gasteiger partial charge in [0, 0.05) is 19.7 Å². The Bertz CT molecular complexity index is 554. The van der Waals surface area contributed by atoms with Crippen LogP contribution in [0.3, 0.4) is 0 Å². The van der Waals surface area contributed by atoms with E-state index in [2.05, 4.69) is 25.5 Å². The smallest absolute Gasteiger partial charge is 0.258 e. The second-order valence-electron chi connectivity index (χ2n) is 3.72. The third kappa shape index (κ3) is 2.75. The first kappa shape index (κ1) is 12.3. The van der Waals surface area contributed by atoms with Gasteiger partial charge in [-0.05, 0) is 12.1 Å². The molecule has 2 N–H and O–H groups in total. The van der Waals surface area contributed by atoms with Gasteiger partial charge < -0.3 is 4.90 Å². The van der Waals surface area contributed by atoms with E-state index in [4.69, 9.17) is 11.6 Å². The summed E-state index contributed by atoms with van der Waals surface area (Å²) < 4.78 is 0. The summed E-state index contributed by atoms with van der Waals surface area (Å²) in [6, 6.07) is 3.12. The maximum Gasteiger partial charge on any atom is 0.258 e. The van der Waals surface area contributed by atoms with Crippen LogP contribution in [-0.4, -0.2) is 40.2 Å². The average Bonchev–Trinajstić information content (AvgIpc) is 2.80. The number of halogens is 1. The number of nitrogens with one attached hydrogen (secondary N) is 2. The van der Waals surface area contributed by atoms with Crippen LogP contribution < -0.4 is 10.2 Å². The second-order valence-corrected chi connectivity index (χ2v) is 4.11. The number of hydrogen-bond acceptors (Lipinski definition) is 5. The maximum atomic E-state index is 11.9. The predicted octanol–water partition coefficient (Wildman–Crippen LogP) is 1.17. The third-order valence-corrected chi connectivity index (χ3v) is 2.34. The van der Waals surface area contributed by atoms with Crippen molar-refractivity contribution in [3.8, 4) is 0 Å². The summed E-state index contributed by atoms with van der Waals surface area (Å²) in [5, 5.41) is 8.98. The molecule has 94 valence electrons. The van der Waals surface area contributed by atoms with E-state index in [0.29, 0.717) is 11.4 Å². The van der Waals surface area contributed by atoms with Crippen LogP contribution in [0.25, 0.3) is 0 Å². The Hall–Kier alpha value is -2.15. The summed E-state index contributed by atoms with van der Waals surface area (Å²) in [6.45, 7) is 0. The molecule has 8 heteroatoms. The van der Waals surface area contributed by atoms with Gasteiger partial charge in [0.25, 0.3) is 5.91 Å². The van der Waals surface area contributed by atoms with E-state index in [0.717, 1.165) is 0 Å². The molecule has 0 saturated carbocycles. The van der Waals surface area contributed by atoms with Gasteiger partial charge in [-0.15, -0.1) is 0 Å². The Labute approximate surface area is 108 Å². The molecule has 1 amide bonds. The Morgan fingerprint density at radius 3 is 2.83 bits per heavy atom. The zero-order valence-electron chi connectivity index (χ0n) is 9.81. The molecule has 0 fully saturated rings. The molecule has 7 nitrogen and oxygen atoms in total. The number of aromatic amines is 1. The number of anilines is 2. The van der Waals surface area contributed by atoms with E-state index in [1.165, 1.54) is 12.4 Å². The van der Waals surface area contributed by atoms with Crippen molar-refractivity contribution < 1.29 is 4.79 Å². The van der Waals surface area contributed by atoms with E-state index in [-0.39, 0.29) is 17.0 Å². The highest BCUT2D eigenvalue weighted by molar-refractivity contribution is 6.30. The minimum atomic E-state index is -0.334. The average molecular weight is 267 g/mol. The lowest BCUT2D eigenvalue weighted by molar-refractivity contribution is 0.102. The lowest BCUT2D eigenvalue weighted by Gasteiger charge is -2.12. The number of pyridine rings is 1. The topological polar surface area (TPSA) is 86.8 Å². The fraction of sp³-hybridized carbons (Fsp3) is 0.200. The van der Waals surface area contributed by atoms with Crippen LogP contribution in [0.2, 0.25) is 5.15 Å². The summed E-state index contributed by atoms with van der Waals surface area (Å²) in [5.41, 5.74) is 0.398. The molecule has 2 aromatic heterocycles. The minimum absolute atomic E-state index is 0.254. The first-order valence-electron chi connectivity index (χ1n) is 5.08. The van der Waals surface area contributed by atoms with Crippen molar-refractivity contribution >= 4 is 29.3 Å². The zero-order chi connectivity index (χ0) is 13.1. The molecule has 2 aromatic rings. The molecule has 0 aliphatic rings. The molecular weight excluding hydrogens is 256 g/mol. The molecule has 0 unspecified atom stereocenters. The van der Waals surface area contributed by atoms with Crippen molar-refractivity contribution in [2.75, 3.05) is 24.3 Å². The first-order valence-corrected chi connectivity index (χ1v) is 5.45. The fourth-order valence-corrected chi connectivity index (χ4v) is 1.49. The van der Waals surface area contributed by atoms with Crippen LogP contribution >= 0.6 is 11.6 Å². The predicted molar refractivity (Wildman–Crippen MR) is 67.9 cm³/mol. The van der Waals surface area contributed by atoms with Gasteiger partial charge in [-0.2, -0.15) is 10.1 Å². The molecule has 0 aromatic carbocycles. The monoisotopic (exact) mass is 266 g/mol. The standard InChI is InChI=1S/C10H11ClN6O/c1-17(2)8-4-6(3-7(11)14-8)9(18)15-10-12-5-13-16-10/h3-5H,1-2H3,(H2,12,13,15,16,18). The van der Waals surface area contributed by atoms with Gasteiger partial charge in [0.05, 0.1) is 0 Å². The highest BCUT2D eigenvalue weighted by Crippen LogP contribution is 2.17. The Morgan fingerprint density at radius 2 is 2.22 bits per heavy atom. The van der Waals surface area contributed by atoms with Crippen LogP contribution in [0.4, 0.5) is 11.8 Å². The molecule has 0 radical (unpaired) electrons. The number of hydrogen-bond donors (Lipinski definition) is 2. The number of rotatable bonds is 3. The molecule has 0 aliphatic heterocycles. The number of aromatic nitrogens is 4. The Morgan fingerprint density at radius 1 is 1.44 bits per heavy atom. The van der Waals surface area contributed by atoms with Crippen LogP contribution in [-0.2, 0) is 0 Å². The number of carbonyl (C=O) groups excluding carboxylic acids is 1. The molecule has 0 saturated heterocycles. The highest BCUT2D eigenvalue weighted by Gasteiger charge is 2.11. The van der Waals surface area contributed by atoms with Crippen molar-refractivity contribution in [3.05, 3.63) is 29.2 Å². The highest BCUT2D eigenvalue weighted by atomic mass is 35.5. The van der Waals surface area contributed by atoms with Gasteiger partial charge in [0.15, 0.2) is 0 Å². The van der Waals surface area contributed by atoms with E-state index in [1.54, 1.807) is 11.0 Å². The normalized spacial score (nSPS) is 10.2. The largest absolute Gasteiger partial charge is 0.363 e. The van der Waals surface area contributed by atoms with Gasteiger partial charge in [-0.3, -0.25) is 10.1 Å². The third-order valence-electron chi connectivity index (χ3n) is 2.15. The second kappa shape index (κ2) is 5.01. The van der Waals surface area contributed by atoms with Gasteiger partial charge >= 0.3 is 0 Å². The van der Waals surface area contributed by atoms with Crippen molar-refractivity contribution in [3.63, 3.8) is 0 Å². The van der Waals surface area contributed by atoms with Crippen LogP contribution in [0.5, 0.6) is 0 Å². The van der Waals surface area contributed by atoms with Crippen LogP contribution in [0.15, 0.2) is 18.5 Å². The molecule has 0 aliphatic carbocycles. The lowest BCUT2D eigenvalue weighted by atomic mass is 10.2. The quantitative estimate of drug-likeness (QED) is 0.815. The molecule has 0 bridgehead atoms. The summed E-state index contributed by atoms with van der Waals surface area (Å²) in [5.74, 6) is 0.545.